The molecule has 0 saturated heterocycles. The lowest BCUT2D eigenvalue weighted by atomic mass is 10.0. The molecule has 0 heterocycles. The molecule has 0 saturated carbocycles. The summed E-state index contributed by atoms with van der Waals surface area (Å²) < 4.78 is 0. The zero-order valence-corrected chi connectivity index (χ0v) is 9.09. The lowest BCUT2D eigenvalue weighted by Gasteiger charge is -2.10. The van der Waals surface area contributed by atoms with Crippen LogP contribution in [0, 0.1) is 6.92 Å². The predicted molar refractivity (Wildman–Crippen MR) is 59.6 cm³/mol. The molecule has 1 rings (SSSR count). The van der Waals surface area contributed by atoms with Gasteiger partial charge >= 0.3 is 0 Å². The number of nitrogens with two attached hydrogens (primary N) is 1. The maximum Gasteiger partial charge on any atom is 0.0593 e. The molecule has 3 heteroatoms. The highest BCUT2D eigenvalue weighted by atomic mass is 35.5. The summed E-state index contributed by atoms with van der Waals surface area (Å²) in [6, 6.07) is 5.86. The van der Waals surface area contributed by atoms with E-state index >= 15 is 0 Å². The number of rotatable bonds is 4. The average Bonchev–Trinajstić information content (AvgIpc) is 2.10. The zero-order valence-electron chi connectivity index (χ0n) is 8.33. The second-order valence-corrected chi connectivity index (χ2v) is 3.94. The Labute approximate surface area is 89.7 Å². The van der Waals surface area contributed by atoms with Crippen molar-refractivity contribution in [1.82, 2.24) is 0 Å². The Morgan fingerprint density at radius 1 is 1.50 bits per heavy atom. The molecule has 0 fully saturated rings. The molecule has 78 valence electrons. The summed E-state index contributed by atoms with van der Waals surface area (Å²) in [6.07, 6.45) is 0.806. The maximum absolute atomic E-state index is 9.56. The smallest absolute Gasteiger partial charge is 0.0593 e. The molecule has 0 aliphatic heterocycles. The Bertz CT molecular complexity index is 301. The van der Waals surface area contributed by atoms with Crippen LogP contribution in [-0.2, 0) is 6.42 Å². The fourth-order valence-electron chi connectivity index (χ4n) is 1.37. The molecular weight excluding hydrogens is 198 g/mol. The molecule has 1 aromatic carbocycles. The Morgan fingerprint density at radius 3 is 2.79 bits per heavy atom. The Morgan fingerprint density at radius 2 is 2.21 bits per heavy atom. The van der Waals surface area contributed by atoms with Crippen molar-refractivity contribution in [3.05, 3.63) is 34.3 Å². The number of benzene rings is 1. The molecule has 1 atom stereocenters. The van der Waals surface area contributed by atoms with Gasteiger partial charge in [-0.15, -0.1) is 0 Å². The molecule has 14 heavy (non-hydrogen) atoms. The zero-order chi connectivity index (χ0) is 10.6. The lowest BCUT2D eigenvalue weighted by Crippen LogP contribution is -2.16. The van der Waals surface area contributed by atoms with Crippen LogP contribution in [0.25, 0.3) is 0 Å². The first kappa shape index (κ1) is 11.5. The highest BCUT2D eigenvalue weighted by molar-refractivity contribution is 6.31. The number of aliphatic hydroxyl groups excluding tert-OH is 1. The molecule has 0 aromatic heterocycles. The molecule has 1 unspecified atom stereocenters. The van der Waals surface area contributed by atoms with Gasteiger partial charge in [0.15, 0.2) is 0 Å². The fraction of sp³-hybridized carbons (Fsp3) is 0.455. The van der Waals surface area contributed by atoms with Crippen molar-refractivity contribution in [3.8, 4) is 0 Å². The molecule has 0 spiro atoms. The molecule has 2 nitrogen and oxygen atoms in total. The third-order valence-corrected chi connectivity index (χ3v) is 2.52. The largest absolute Gasteiger partial charge is 0.393 e. The van der Waals surface area contributed by atoms with Gasteiger partial charge in [0.05, 0.1) is 6.10 Å². The topological polar surface area (TPSA) is 46.2 Å². The van der Waals surface area contributed by atoms with Gasteiger partial charge in [0.25, 0.3) is 0 Å². The number of aliphatic hydroxyl groups is 1. The minimum absolute atomic E-state index is 0.389. The van der Waals surface area contributed by atoms with Gasteiger partial charge in [-0.3, -0.25) is 0 Å². The van der Waals surface area contributed by atoms with Crippen molar-refractivity contribution in [3.63, 3.8) is 0 Å². The summed E-state index contributed by atoms with van der Waals surface area (Å²) in [6.45, 7) is 2.50. The SMILES string of the molecule is Cc1ccc(CC(O)CCN)c(Cl)c1. The van der Waals surface area contributed by atoms with E-state index in [0.29, 0.717) is 19.4 Å². The van der Waals surface area contributed by atoms with Crippen LogP contribution in [0.5, 0.6) is 0 Å². The van der Waals surface area contributed by atoms with Crippen LogP contribution in [-0.4, -0.2) is 17.8 Å². The second-order valence-electron chi connectivity index (χ2n) is 3.53. The monoisotopic (exact) mass is 213 g/mol. The van der Waals surface area contributed by atoms with Crippen LogP contribution >= 0.6 is 11.6 Å². The Kier molecular flexibility index (Phi) is 4.39. The summed E-state index contributed by atoms with van der Waals surface area (Å²) in [7, 11) is 0. The normalized spacial score (nSPS) is 12.9. The van der Waals surface area contributed by atoms with Crippen LogP contribution in [0.2, 0.25) is 5.02 Å². The third kappa shape index (κ3) is 3.29. The van der Waals surface area contributed by atoms with E-state index in [2.05, 4.69) is 0 Å². The van der Waals surface area contributed by atoms with Crippen molar-refractivity contribution < 1.29 is 5.11 Å². The summed E-state index contributed by atoms with van der Waals surface area (Å²) in [5.74, 6) is 0. The highest BCUT2D eigenvalue weighted by Crippen LogP contribution is 2.19. The molecule has 0 radical (unpaired) electrons. The third-order valence-electron chi connectivity index (χ3n) is 2.16. The van der Waals surface area contributed by atoms with Crippen molar-refractivity contribution in [2.45, 2.75) is 25.9 Å². The van der Waals surface area contributed by atoms with E-state index in [1.54, 1.807) is 0 Å². The van der Waals surface area contributed by atoms with Crippen LogP contribution in [0.1, 0.15) is 17.5 Å². The summed E-state index contributed by atoms with van der Waals surface area (Å²) in [4.78, 5) is 0. The standard InChI is InChI=1S/C11H16ClNO/c1-8-2-3-9(11(12)6-8)7-10(14)4-5-13/h2-3,6,10,14H,4-5,7,13H2,1H3. The Balaban J connectivity index is 2.67. The van der Waals surface area contributed by atoms with Crippen LogP contribution in [0.15, 0.2) is 18.2 Å². The van der Waals surface area contributed by atoms with E-state index in [-0.39, 0.29) is 6.10 Å². The quantitative estimate of drug-likeness (QED) is 0.803. The number of hydrogen-bond acceptors (Lipinski definition) is 2. The van der Waals surface area contributed by atoms with Gasteiger partial charge in [-0.05, 0) is 43.5 Å². The molecule has 0 aliphatic carbocycles. The van der Waals surface area contributed by atoms with Gasteiger partial charge in [0.2, 0.25) is 0 Å². The van der Waals surface area contributed by atoms with Crippen molar-refractivity contribution in [2.75, 3.05) is 6.54 Å². The van der Waals surface area contributed by atoms with Crippen molar-refractivity contribution in [1.29, 1.82) is 0 Å². The molecule has 1 aromatic rings. The van der Waals surface area contributed by atoms with Crippen LogP contribution in [0.3, 0.4) is 0 Å². The number of halogens is 1. The molecular formula is C11H16ClNO. The van der Waals surface area contributed by atoms with E-state index in [0.717, 1.165) is 16.1 Å². The van der Waals surface area contributed by atoms with E-state index in [1.165, 1.54) is 0 Å². The van der Waals surface area contributed by atoms with Crippen LogP contribution < -0.4 is 5.73 Å². The molecule has 3 N–H and O–H groups in total. The summed E-state index contributed by atoms with van der Waals surface area (Å²) in [5.41, 5.74) is 7.47. The minimum Gasteiger partial charge on any atom is -0.393 e. The molecule has 0 aliphatic rings. The lowest BCUT2D eigenvalue weighted by molar-refractivity contribution is 0.167. The van der Waals surface area contributed by atoms with Gasteiger partial charge in [0, 0.05) is 5.02 Å². The first-order valence-corrected chi connectivity index (χ1v) is 5.14. The number of aryl methyl sites for hydroxylation is 1. The minimum atomic E-state index is -0.389. The van der Waals surface area contributed by atoms with E-state index in [9.17, 15) is 5.11 Å². The van der Waals surface area contributed by atoms with Crippen LogP contribution in [0.4, 0.5) is 0 Å². The van der Waals surface area contributed by atoms with E-state index in [4.69, 9.17) is 17.3 Å². The number of hydrogen-bond donors (Lipinski definition) is 2. The Hall–Kier alpha value is -0.570. The van der Waals surface area contributed by atoms with E-state index < -0.39 is 0 Å². The fourth-order valence-corrected chi connectivity index (χ4v) is 1.68. The highest BCUT2D eigenvalue weighted by Gasteiger charge is 2.07. The maximum atomic E-state index is 9.56. The van der Waals surface area contributed by atoms with Crippen molar-refractivity contribution in [2.24, 2.45) is 5.73 Å². The second kappa shape index (κ2) is 5.35. The van der Waals surface area contributed by atoms with Gasteiger partial charge in [-0.2, -0.15) is 0 Å². The van der Waals surface area contributed by atoms with Gasteiger partial charge < -0.3 is 10.8 Å². The first-order valence-electron chi connectivity index (χ1n) is 4.76. The molecule has 0 amide bonds. The summed E-state index contributed by atoms with van der Waals surface area (Å²) >= 11 is 6.03. The van der Waals surface area contributed by atoms with Gasteiger partial charge in [0.1, 0.15) is 0 Å². The summed E-state index contributed by atoms with van der Waals surface area (Å²) in [5, 5.41) is 10.3. The predicted octanol–water partition coefficient (Wildman–Crippen LogP) is 1.90. The van der Waals surface area contributed by atoms with E-state index in [1.807, 2.05) is 25.1 Å². The first-order chi connectivity index (χ1) is 6.63. The van der Waals surface area contributed by atoms with Gasteiger partial charge in [-0.1, -0.05) is 23.7 Å². The van der Waals surface area contributed by atoms with Gasteiger partial charge in [-0.25, -0.2) is 0 Å². The van der Waals surface area contributed by atoms with Crippen molar-refractivity contribution >= 4 is 11.6 Å². The average molecular weight is 214 g/mol. The molecule has 0 bridgehead atoms.